The number of benzene rings is 1. The molecule has 1 fully saturated rings. The van der Waals surface area contributed by atoms with Gasteiger partial charge in [0.2, 0.25) is 0 Å². The van der Waals surface area contributed by atoms with E-state index in [4.69, 9.17) is 10.5 Å². The van der Waals surface area contributed by atoms with Gasteiger partial charge in [-0.25, -0.2) is 4.79 Å². The lowest BCUT2D eigenvalue weighted by atomic mass is 10.1. The number of hydrogen-bond acceptors (Lipinski definition) is 3. The Labute approximate surface area is 150 Å². The van der Waals surface area contributed by atoms with Gasteiger partial charge >= 0.3 is 6.09 Å². The van der Waals surface area contributed by atoms with Crippen LogP contribution in [-0.4, -0.2) is 41.7 Å². The van der Waals surface area contributed by atoms with E-state index in [1.54, 1.807) is 4.90 Å². The Kier molecular flexibility index (Phi) is 5.93. The lowest BCUT2D eigenvalue weighted by molar-refractivity contribution is 0.0240. The van der Waals surface area contributed by atoms with E-state index >= 15 is 0 Å². The summed E-state index contributed by atoms with van der Waals surface area (Å²) >= 11 is 0. The summed E-state index contributed by atoms with van der Waals surface area (Å²) in [5.41, 5.74) is 8.81. The van der Waals surface area contributed by atoms with Crippen LogP contribution in [0.1, 0.15) is 44.7 Å². The van der Waals surface area contributed by atoms with E-state index in [0.717, 1.165) is 18.5 Å². The van der Waals surface area contributed by atoms with Gasteiger partial charge in [-0.15, -0.1) is 0 Å². The molecule has 0 radical (unpaired) electrons. The number of aryl methyl sites for hydroxylation is 2. The second kappa shape index (κ2) is 7.76. The molecular formula is C19H30N4O2. The molecule has 2 rings (SSSR count). The summed E-state index contributed by atoms with van der Waals surface area (Å²) < 4.78 is 5.47. The predicted octanol–water partition coefficient (Wildman–Crippen LogP) is 3.43. The van der Waals surface area contributed by atoms with Crippen LogP contribution in [0, 0.1) is 13.8 Å². The summed E-state index contributed by atoms with van der Waals surface area (Å²) in [6, 6.07) is 6.33. The highest BCUT2D eigenvalue weighted by Gasteiger charge is 2.34. The van der Waals surface area contributed by atoms with Crippen LogP contribution >= 0.6 is 0 Å². The van der Waals surface area contributed by atoms with Crippen molar-refractivity contribution in [1.29, 1.82) is 0 Å². The van der Waals surface area contributed by atoms with Crippen molar-refractivity contribution in [3.63, 3.8) is 0 Å². The second-order valence-electron chi connectivity index (χ2n) is 7.60. The number of ether oxygens (including phenoxy) is 1. The van der Waals surface area contributed by atoms with E-state index in [0.29, 0.717) is 19.0 Å². The lowest BCUT2D eigenvalue weighted by Crippen LogP contribution is -2.40. The minimum Gasteiger partial charge on any atom is -0.444 e. The highest BCUT2D eigenvalue weighted by Crippen LogP contribution is 2.28. The maximum absolute atomic E-state index is 12.3. The van der Waals surface area contributed by atoms with Crippen molar-refractivity contribution in [3.05, 3.63) is 29.3 Å². The average Bonchev–Trinajstić information content (AvgIpc) is 3.30. The van der Waals surface area contributed by atoms with Crippen molar-refractivity contribution in [2.24, 2.45) is 10.7 Å². The Bertz CT molecular complexity index is 645. The Morgan fingerprint density at radius 3 is 2.56 bits per heavy atom. The molecule has 1 aliphatic carbocycles. The van der Waals surface area contributed by atoms with Crippen molar-refractivity contribution in [2.75, 3.05) is 18.4 Å². The zero-order valence-corrected chi connectivity index (χ0v) is 15.9. The lowest BCUT2D eigenvalue weighted by Gasteiger charge is -2.27. The monoisotopic (exact) mass is 346 g/mol. The van der Waals surface area contributed by atoms with Crippen LogP contribution < -0.4 is 11.1 Å². The Balaban J connectivity index is 1.88. The fourth-order valence-electron chi connectivity index (χ4n) is 2.41. The third kappa shape index (κ3) is 6.29. The quantitative estimate of drug-likeness (QED) is 0.632. The number of amides is 1. The fraction of sp³-hybridized carbons (Fsp3) is 0.579. The third-order valence-electron chi connectivity index (χ3n) is 4.02. The van der Waals surface area contributed by atoms with E-state index < -0.39 is 5.60 Å². The number of carbonyl (C=O) groups excluding carboxylic acids is 1. The molecule has 1 amide bonds. The first-order valence-electron chi connectivity index (χ1n) is 8.79. The maximum atomic E-state index is 12.3. The molecule has 0 bridgehead atoms. The van der Waals surface area contributed by atoms with E-state index in [2.05, 4.69) is 24.2 Å². The molecule has 0 aromatic heterocycles. The summed E-state index contributed by atoms with van der Waals surface area (Å²) in [5, 5.41) is 3.09. The first-order chi connectivity index (χ1) is 11.7. The predicted molar refractivity (Wildman–Crippen MR) is 102 cm³/mol. The number of anilines is 1. The van der Waals surface area contributed by atoms with Gasteiger partial charge in [0.1, 0.15) is 5.60 Å². The zero-order valence-electron chi connectivity index (χ0n) is 15.9. The molecule has 0 aliphatic heterocycles. The molecule has 0 atom stereocenters. The maximum Gasteiger partial charge on any atom is 0.410 e. The normalized spacial score (nSPS) is 15.0. The summed E-state index contributed by atoms with van der Waals surface area (Å²) in [7, 11) is 0. The molecule has 1 aromatic carbocycles. The molecule has 0 heterocycles. The minimum absolute atomic E-state index is 0.272. The summed E-state index contributed by atoms with van der Waals surface area (Å²) in [5.74, 6) is 0.350. The topological polar surface area (TPSA) is 80.0 Å². The number of carbonyl (C=O) groups is 1. The zero-order chi connectivity index (χ0) is 18.6. The highest BCUT2D eigenvalue weighted by molar-refractivity contribution is 5.92. The number of nitrogens with one attached hydrogen (secondary N) is 1. The fourth-order valence-corrected chi connectivity index (χ4v) is 2.41. The standard InChI is InChI=1S/C19H30N4O2/c1-13-6-7-15(12-14(13)2)22-17(20)21-10-11-23(16-8-9-16)18(24)25-19(3,4)5/h6-7,12,16H,8-11H2,1-5H3,(H3,20,21,22). The number of rotatable bonds is 5. The molecule has 0 spiro atoms. The molecule has 6 nitrogen and oxygen atoms in total. The largest absolute Gasteiger partial charge is 0.444 e. The van der Waals surface area contributed by atoms with Crippen LogP contribution in [0.3, 0.4) is 0 Å². The van der Waals surface area contributed by atoms with Crippen LogP contribution in [0.15, 0.2) is 23.2 Å². The van der Waals surface area contributed by atoms with Crippen LogP contribution in [0.2, 0.25) is 0 Å². The van der Waals surface area contributed by atoms with E-state index in [9.17, 15) is 4.79 Å². The molecular weight excluding hydrogens is 316 g/mol. The Morgan fingerprint density at radius 1 is 1.32 bits per heavy atom. The van der Waals surface area contributed by atoms with Gasteiger partial charge in [-0.2, -0.15) is 0 Å². The van der Waals surface area contributed by atoms with Crippen molar-refractivity contribution < 1.29 is 9.53 Å². The van der Waals surface area contributed by atoms with E-state index in [-0.39, 0.29) is 12.1 Å². The Hall–Kier alpha value is -2.24. The SMILES string of the molecule is Cc1ccc(NC(N)=NCCN(C(=O)OC(C)(C)C)C2CC2)cc1C. The molecule has 3 N–H and O–H groups in total. The second-order valence-corrected chi connectivity index (χ2v) is 7.60. The van der Waals surface area contributed by atoms with Crippen molar-refractivity contribution in [2.45, 2.75) is 59.1 Å². The van der Waals surface area contributed by atoms with Crippen molar-refractivity contribution in [3.8, 4) is 0 Å². The van der Waals surface area contributed by atoms with Crippen LogP contribution in [0.5, 0.6) is 0 Å². The minimum atomic E-state index is -0.489. The van der Waals surface area contributed by atoms with Gasteiger partial charge in [0, 0.05) is 18.3 Å². The van der Waals surface area contributed by atoms with Gasteiger partial charge in [-0.05, 0) is 70.7 Å². The van der Waals surface area contributed by atoms with Crippen LogP contribution in [-0.2, 0) is 4.74 Å². The molecule has 1 aliphatic rings. The van der Waals surface area contributed by atoms with Gasteiger partial charge < -0.3 is 20.7 Å². The number of guanidine groups is 1. The summed E-state index contributed by atoms with van der Waals surface area (Å²) in [4.78, 5) is 18.4. The van der Waals surface area contributed by atoms with Crippen molar-refractivity contribution in [1.82, 2.24) is 4.90 Å². The molecule has 1 saturated carbocycles. The van der Waals surface area contributed by atoms with Gasteiger partial charge in [-0.3, -0.25) is 4.99 Å². The van der Waals surface area contributed by atoms with Gasteiger partial charge in [-0.1, -0.05) is 6.07 Å². The van der Waals surface area contributed by atoms with Crippen LogP contribution in [0.25, 0.3) is 0 Å². The number of hydrogen-bond donors (Lipinski definition) is 2. The molecule has 0 saturated heterocycles. The highest BCUT2D eigenvalue weighted by atomic mass is 16.6. The van der Waals surface area contributed by atoms with E-state index in [1.165, 1.54) is 11.1 Å². The van der Waals surface area contributed by atoms with Gasteiger partial charge in [0.25, 0.3) is 0 Å². The molecule has 0 unspecified atom stereocenters. The molecule has 138 valence electrons. The van der Waals surface area contributed by atoms with Gasteiger partial charge in [0.05, 0.1) is 6.54 Å². The number of nitrogens with two attached hydrogens (primary N) is 1. The first kappa shape index (κ1) is 19.1. The summed E-state index contributed by atoms with van der Waals surface area (Å²) in [6.07, 6.45) is 1.78. The molecule has 6 heteroatoms. The smallest absolute Gasteiger partial charge is 0.410 e. The third-order valence-corrected chi connectivity index (χ3v) is 4.02. The summed E-state index contributed by atoms with van der Waals surface area (Å²) in [6.45, 7) is 10.7. The first-order valence-corrected chi connectivity index (χ1v) is 8.79. The van der Waals surface area contributed by atoms with Gasteiger partial charge in [0.15, 0.2) is 5.96 Å². The molecule has 25 heavy (non-hydrogen) atoms. The molecule has 1 aromatic rings. The Morgan fingerprint density at radius 2 is 2.00 bits per heavy atom. The number of aliphatic imine (C=N–C) groups is 1. The average molecular weight is 346 g/mol. The number of nitrogens with zero attached hydrogens (tertiary/aromatic N) is 2. The van der Waals surface area contributed by atoms with Crippen molar-refractivity contribution >= 4 is 17.7 Å². The van der Waals surface area contributed by atoms with E-state index in [1.807, 2.05) is 39.0 Å². The van der Waals surface area contributed by atoms with Crippen LogP contribution in [0.4, 0.5) is 10.5 Å².